The Morgan fingerprint density at radius 2 is 1.68 bits per heavy atom. The zero-order chi connectivity index (χ0) is 15.8. The van der Waals surface area contributed by atoms with E-state index in [1.807, 2.05) is 6.07 Å². The maximum Gasteiger partial charge on any atom is 0.147 e. The van der Waals surface area contributed by atoms with E-state index in [2.05, 4.69) is 4.90 Å². The molecule has 1 aromatic rings. The lowest BCUT2D eigenvalue weighted by Crippen LogP contribution is -2.30. The molecule has 1 aromatic carbocycles. The summed E-state index contributed by atoms with van der Waals surface area (Å²) in [6.07, 6.45) is 10.1. The van der Waals surface area contributed by atoms with Crippen LogP contribution in [0.25, 0.3) is 0 Å². The Labute approximate surface area is 132 Å². The minimum atomic E-state index is -0.282. The van der Waals surface area contributed by atoms with Crippen molar-refractivity contribution in [1.29, 1.82) is 5.26 Å². The van der Waals surface area contributed by atoms with E-state index in [4.69, 9.17) is 11.0 Å². The number of nitrogens with two attached hydrogens (primary N) is 1. The van der Waals surface area contributed by atoms with Crippen LogP contribution in [0.4, 0.5) is 10.1 Å². The van der Waals surface area contributed by atoms with Crippen molar-refractivity contribution in [2.45, 2.75) is 57.4 Å². The van der Waals surface area contributed by atoms with E-state index < -0.39 is 0 Å². The van der Waals surface area contributed by atoms with Gasteiger partial charge in [0.05, 0.1) is 17.3 Å². The summed E-state index contributed by atoms with van der Waals surface area (Å²) in [6.45, 7) is 1.84. The van der Waals surface area contributed by atoms with Gasteiger partial charge in [-0.1, -0.05) is 19.3 Å². The number of hydrogen-bond donors (Lipinski definition) is 1. The second kappa shape index (κ2) is 8.75. The molecule has 0 bridgehead atoms. The van der Waals surface area contributed by atoms with Gasteiger partial charge in [0.15, 0.2) is 0 Å². The molecule has 2 aliphatic rings. The van der Waals surface area contributed by atoms with Gasteiger partial charge in [-0.05, 0) is 50.3 Å². The van der Waals surface area contributed by atoms with Crippen LogP contribution in [0.2, 0.25) is 0 Å². The molecule has 120 valence electrons. The van der Waals surface area contributed by atoms with Gasteiger partial charge in [0.25, 0.3) is 0 Å². The number of anilines is 1. The fraction of sp³-hybridized carbons (Fsp3) is 0.611. The van der Waals surface area contributed by atoms with Gasteiger partial charge < -0.3 is 10.6 Å². The number of benzene rings is 1. The maximum atomic E-state index is 13.6. The van der Waals surface area contributed by atoms with Gasteiger partial charge in [-0.3, -0.25) is 0 Å². The van der Waals surface area contributed by atoms with Gasteiger partial charge in [0, 0.05) is 19.1 Å². The Bertz CT molecular complexity index is 498. The van der Waals surface area contributed by atoms with Crippen LogP contribution in [0, 0.1) is 17.1 Å². The van der Waals surface area contributed by atoms with Crippen molar-refractivity contribution in [2.24, 2.45) is 5.73 Å². The van der Waals surface area contributed by atoms with Gasteiger partial charge in [0.1, 0.15) is 5.82 Å². The van der Waals surface area contributed by atoms with E-state index in [0.717, 1.165) is 25.9 Å². The van der Waals surface area contributed by atoms with Crippen molar-refractivity contribution in [3.63, 3.8) is 0 Å². The number of nitriles is 1. The van der Waals surface area contributed by atoms with E-state index >= 15 is 0 Å². The quantitative estimate of drug-likeness (QED) is 0.854. The van der Waals surface area contributed by atoms with Crippen LogP contribution in [-0.4, -0.2) is 19.1 Å². The maximum absolute atomic E-state index is 13.6. The zero-order valence-electron chi connectivity index (χ0n) is 13.2. The third kappa shape index (κ3) is 4.99. The van der Waals surface area contributed by atoms with Crippen LogP contribution in [-0.2, 0) is 0 Å². The van der Waals surface area contributed by atoms with Crippen LogP contribution in [0.3, 0.4) is 0 Å². The summed E-state index contributed by atoms with van der Waals surface area (Å²) < 4.78 is 13.6. The van der Waals surface area contributed by atoms with Gasteiger partial charge in [-0.15, -0.1) is 0 Å². The Morgan fingerprint density at radius 1 is 1.05 bits per heavy atom. The number of nitrogens with zero attached hydrogens (tertiary/aromatic N) is 2. The molecule has 22 heavy (non-hydrogen) atoms. The predicted octanol–water partition coefficient (Wildman–Crippen LogP) is 3.97. The van der Waals surface area contributed by atoms with E-state index in [1.54, 1.807) is 12.1 Å². The normalized spacial score (nSPS) is 19.0. The monoisotopic (exact) mass is 303 g/mol. The molecule has 2 fully saturated rings. The largest absolute Gasteiger partial charge is 0.369 e. The highest BCUT2D eigenvalue weighted by atomic mass is 19.1. The molecule has 0 amide bonds. The minimum Gasteiger partial charge on any atom is -0.369 e. The number of hydrogen-bond acceptors (Lipinski definition) is 3. The summed E-state index contributed by atoms with van der Waals surface area (Å²) in [4.78, 5) is 2.06. The molecule has 1 saturated carbocycles. The fourth-order valence-corrected chi connectivity index (χ4v) is 3.10. The predicted molar refractivity (Wildman–Crippen MR) is 88.2 cm³/mol. The van der Waals surface area contributed by atoms with Crippen molar-refractivity contribution in [1.82, 2.24) is 0 Å². The van der Waals surface area contributed by atoms with Crippen LogP contribution in [0.1, 0.15) is 56.9 Å². The molecule has 1 aliphatic heterocycles. The van der Waals surface area contributed by atoms with E-state index in [1.165, 1.54) is 44.6 Å². The summed E-state index contributed by atoms with van der Waals surface area (Å²) in [7, 11) is 0. The lowest BCUT2D eigenvalue weighted by atomic mass is 9.97. The van der Waals surface area contributed by atoms with Crippen LogP contribution >= 0.6 is 0 Å². The molecule has 3 nitrogen and oxygen atoms in total. The van der Waals surface area contributed by atoms with Crippen molar-refractivity contribution in [3.05, 3.63) is 29.6 Å². The Balaban J connectivity index is 0.000000211. The SMILES string of the molecule is N#Cc1ccc(N2CCCCC2)c(F)c1.NC1CCCCC1. The first-order valence-corrected chi connectivity index (χ1v) is 8.41. The van der Waals surface area contributed by atoms with Gasteiger partial charge >= 0.3 is 0 Å². The molecule has 1 heterocycles. The summed E-state index contributed by atoms with van der Waals surface area (Å²) in [6, 6.07) is 7.17. The zero-order valence-corrected chi connectivity index (χ0v) is 13.2. The van der Waals surface area contributed by atoms with Gasteiger partial charge in [-0.2, -0.15) is 5.26 Å². The molecule has 1 aliphatic carbocycles. The molecule has 4 heteroatoms. The Kier molecular flexibility index (Phi) is 6.67. The highest BCUT2D eigenvalue weighted by Crippen LogP contribution is 2.23. The molecule has 0 aromatic heterocycles. The number of rotatable bonds is 1. The Morgan fingerprint density at radius 3 is 2.18 bits per heavy atom. The molecule has 0 radical (unpaired) electrons. The highest BCUT2D eigenvalue weighted by molar-refractivity contribution is 5.51. The molecule has 0 spiro atoms. The van der Waals surface area contributed by atoms with Crippen molar-refractivity contribution in [2.75, 3.05) is 18.0 Å². The van der Waals surface area contributed by atoms with Crippen molar-refractivity contribution >= 4 is 5.69 Å². The lowest BCUT2D eigenvalue weighted by Gasteiger charge is -2.29. The van der Waals surface area contributed by atoms with Gasteiger partial charge in [0.2, 0.25) is 0 Å². The average molecular weight is 303 g/mol. The molecular weight excluding hydrogens is 277 g/mol. The first kappa shape index (κ1) is 16.8. The first-order chi connectivity index (χ1) is 10.7. The van der Waals surface area contributed by atoms with Crippen molar-refractivity contribution in [3.8, 4) is 6.07 Å². The molecule has 1 saturated heterocycles. The molecule has 0 atom stereocenters. The number of piperidine rings is 1. The second-order valence-corrected chi connectivity index (χ2v) is 6.22. The van der Waals surface area contributed by atoms with Crippen LogP contribution < -0.4 is 10.6 Å². The van der Waals surface area contributed by atoms with Crippen LogP contribution in [0.15, 0.2) is 18.2 Å². The summed E-state index contributed by atoms with van der Waals surface area (Å²) in [5.41, 5.74) is 6.65. The molecule has 2 N–H and O–H groups in total. The third-order valence-corrected chi connectivity index (χ3v) is 4.42. The van der Waals surface area contributed by atoms with E-state index in [0.29, 0.717) is 17.3 Å². The fourth-order valence-electron chi connectivity index (χ4n) is 3.10. The highest BCUT2D eigenvalue weighted by Gasteiger charge is 2.14. The topological polar surface area (TPSA) is 53.0 Å². The minimum absolute atomic E-state index is 0.282. The van der Waals surface area contributed by atoms with Crippen molar-refractivity contribution < 1.29 is 4.39 Å². The summed E-state index contributed by atoms with van der Waals surface area (Å²) in [5, 5.41) is 8.63. The molecule has 3 rings (SSSR count). The average Bonchev–Trinajstić information content (AvgIpc) is 2.57. The molecular formula is C18H26FN3. The third-order valence-electron chi connectivity index (χ3n) is 4.42. The smallest absolute Gasteiger partial charge is 0.147 e. The van der Waals surface area contributed by atoms with E-state index in [-0.39, 0.29) is 5.82 Å². The standard InChI is InChI=1S/C12H13FN2.C6H13N/c13-11-8-10(9-14)4-5-12(11)15-6-2-1-3-7-15;7-6-4-2-1-3-5-6/h4-5,8H,1-3,6-7H2;6H,1-5,7H2. The summed E-state index contributed by atoms with van der Waals surface area (Å²) in [5.74, 6) is -0.282. The van der Waals surface area contributed by atoms with E-state index in [9.17, 15) is 4.39 Å². The lowest BCUT2D eigenvalue weighted by molar-refractivity contribution is 0.441. The Hall–Kier alpha value is -1.60. The number of halogens is 1. The van der Waals surface area contributed by atoms with Gasteiger partial charge in [-0.25, -0.2) is 4.39 Å². The first-order valence-electron chi connectivity index (χ1n) is 8.41. The molecule has 0 unspecified atom stereocenters. The summed E-state index contributed by atoms with van der Waals surface area (Å²) >= 11 is 0. The van der Waals surface area contributed by atoms with Crippen LogP contribution in [0.5, 0.6) is 0 Å². The second-order valence-electron chi connectivity index (χ2n) is 6.22.